The van der Waals surface area contributed by atoms with E-state index in [2.05, 4.69) is 20.6 Å². The highest BCUT2D eigenvalue weighted by molar-refractivity contribution is 5.98. The van der Waals surface area contributed by atoms with E-state index < -0.39 is 5.54 Å². The van der Waals surface area contributed by atoms with Gasteiger partial charge in [-0.1, -0.05) is 6.07 Å². The zero-order valence-electron chi connectivity index (χ0n) is 15.2. The zero-order chi connectivity index (χ0) is 18.7. The van der Waals surface area contributed by atoms with Gasteiger partial charge in [0.15, 0.2) is 0 Å². The van der Waals surface area contributed by atoms with Gasteiger partial charge in [-0.25, -0.2) is 9.97 Å². The van der Waals surface area contributed by atoms with Gasteiger partial charge in [0.25, 0.3) is 5.91 Å². The lowest BCUT2D eigenvalue weighted by Gasteiger charge is -2.26. The van der Waals surface area contributed by atoms with E-state index in [1.807, 2.05) is 6.07 Å². The number of fused-ring (bicyclic) bond motifs is 1. The molecule has 1 fully saturated rings. The van der Waals surface area contributed by atoms with Gasteiger partial charge < -0.3 is 20.8 Å². The Labute approximate surface area is 152 Å². The molecule has 7 nitrogen and oxygen atoms in total. The van der Waals surface area contributed by atoms with Crippen molar-refractivity contribution in [2.45, 2.75) is 57.2 Å². The van der Waals surface area contributed by atoms with Crippen molar-refractivity contribution in [3.63, 3.8) is 0 Å². The van der Waals surface area contributed by atoms with Crippen molar-refractivity contribution in [2.75, 3.05) is 11.9 Å². The van der Waals surface area contributed by atoms with Crippen LogP contribution in [0.4, 0.5) is 5.95 Å². The number of nitrogens with one attached hydrogen (secondary N) is 2. The van der Waals surface area contributed by atoms with E-state index in [4.69, 9.17) is 0 Å². The van der Waals surface area contributed by atoms with Gasteiger partial charge >= 0.3 is 0 Å². The van der Waals surface area contributed by atoms with Crippen LogP contribution in [0.1, 0.15) is 49.9 Å². The maximum Gasteiger partial charge on any atom is 0.251 e. The molecule has 4 N–H and O–H groups in total. The fourth-order valence-corrected chi connectivity index (χ4v) is 3.06. The number of aromatic nitrogens is 2. The van der Waals surface area contributed by atoms with E-state index in [9.17, 15) is 15.0 Å². The number of carbonyl (C=O) groups excluding carboxylic acids is 1. The third kappa shape index (κ3) is 4.47. The van der Waals surface area contributed by atoms with Crippen molar-refractivity contribution >= 4 is 22.8 Å². The minimum absolute atomic E-state index is 0.140. The Morgan fingerprint density at radius 3 is 2.69 bits per heavy atom. The number of anilines is 1. The quantitative estimate of drug-likeness (QED) is 0.650. The molecule has 0 atom stereocenters. The predicted molar refractivity (Wildman–Crippen MR) is 100 cm³/mol. The van der Waals surface area contributed by atoms with Crippen LogP contribution in [0.2, 0.25) is 0 Å². The molecule has 0 saturated heterocycles. The second kappa shape index (κ2) is 7.55. The van der Waals surface area contributed by atoms with E-state index in [0.29, 0.717) is 17.0 Å². The lowest BCUT2D eigenvalue weighted by Crippen LogP contribution is -2.46. The number of nitrogens with zero attached hydrogens (tertiary/aromatic N) is 2. The summed E-state index contributed by atoms with van der Waals surface area (Å²) in [5.41, 5.74) is 0.493. The van der Waals surface area contributed by atoms with Gasteiger partial charge in [0.1, 0.15) is 0 Å². The molecule has 1 heterocycles. The fourth-order valence-electron chi connectivity index (χ4n) is 3.06. The summed E-state index contributed by atoms with van der Waals surface area (Å²) in [5.74, 6) is 0.285. The molecular weight excluding hydrogens is 332 g/mol. The number of benzene rings is 1. The molecule has 1 aromatic carbocycles. The van der Waals surface area contributed by atoms with Crippen molar-refractivity contribution in [2.24, 2.45) is 0 Å². The molecule has 1 saturated carbocycles. The first-order chi connectivity index (χ1) is 12.4. The summed E-state index contributed by atoms with van der Waals surface area (Å²) in [7, 11) is 0. The van der Waals surface area contributed by atoms with E-state index in [0.717, 1.165) is 31.1 Å². The fraction of sp³-hybridized carbons (Fsp3) is 0.526. The van der Waals surface area contributed by atoms with Gasteiger partial charge in [-0.15, -0.1) is 0 Å². The van der Waals surface area contributed by atoms with Crippen molar-refractivity contribution in [3.05, 3.63) is 30.0 Å². The summed E-state index contributed by atoms with van der Waals surface area (Å²) in [6, 6.07) is 5.53. The highest BCUT2D eigenvalue weighted by Gasteiger charge is 2.21. The summed E-state index contributed by atoms with van der Waals surface area (Å²) >= 11 is 0. The number of hydrogen-bond donors (Lipinski definition) is 4. The Balaban J connectivity index is 1.76. The molecule has 0 bridgehead atoms. The van der Waals surface area contributed by atoms with Gasteiger partial charge in [-0.05, 0) is 51.7 Å². The van der Waals surface area contributed by atoms with Crippen molar-refractivity contribution in [3.8, 4) is 0 Å². The molecule has 0 unspecified atom stereocenters. The van der Waals surface area contributed by atoms with Gasteiger partial charge in [0.2, 0.25) is 5.95 Å². The molecule has 0 aliphatic heterocycles. The van der Waals surface area contributed by atoms with Crippen molar-refractivity contribution in [1.82, 2.24) is 15.3 Å². The SMILES string of the molecule is CC(C)(CO)NC(=O)c1ccc2cnc(N[C@H]3CC[C@H](O)CC3)nc2c1. The molecular formula is C19H26N4O3. The molecule has 1 aliphatic rings. The van der Waals surface area contributed by atoms with Crippen LogP contribution in [0.25, 0.3) is 10.9 Å². The van der Waals surface area contributed by atoms with Crippen LogP contribution < -0.4 is 10.6 Å². The summed E-state index contributed by atoms with van der Waals surface area (Å²) in [6.45, 7) is 3.38. The second-order valence-corrected chi connectivity index (χ2v) is 7.61. The number of aliphatic hydroxyl groups excluding tert-OH is 2. The molecule has 26 heavy (non-hydrogen) atoms. The highest BCUT2D eigenvalue weighted by Crippen LogP contribution is 2.22. The topological polar surface area (TPSA) is 107 Å². The first kappa shape index (κ1) is 18.5. The summed E-state index contributed by atoms with van der Waals surface area (Å²) in [5, 5.41) is 25.9. The minimum atomic E-state index is -0.685. The average molecular weight is 358 g/mol. The molecule has 3 rings (SSSR count). The summed E-state index contributed by atoms with van der Waals surface area (Å²) < 4.78 is 0. The Kier molecular flexibility index (Phi) is 5.38. The van der Waals surface area contributed by atoms with Crippen LogP contribution in [-0.4, -0.2) is 50.4 Å². The maximum absolute atomic E-state index is 12.4. The van der Waals surface area contributed by atoms with Gasteiger partial charge in [-0.3, -0.25) is 4.79 Å². The van der Waals surface area contributed by atoms with Crippen LogP contribution in [-0.2, 0) is 0 Å². The first-order valence-electron chi connectivity index (χ1n) is 9.01. The first-order valence-corrected chi connectivity index (χ1v) is 9.01. The Morgan fingerprint density at radius 2 is 2.00 bits per heavy atom. The molecule has 0 spiro atoms. The van der Waals surface area contributed by atoms with Crippen LogP contribution in [0.5, 0.6) is 0 Å². The monoisotopic (exact) mass is 358 g/mol. The Hall–Kier alpha value is -2.25. The number of amides is 1. The molecule has 0 radical (unpaired) electrons. The highest BCUT2D eigenvalue weighted by atomic mass is 16.3. The molecule has 140 valence electrons. The lowest BCUT2D eigenvalue weighted by atomic mass is 9.93. The molecule has 1 aromatic heterocycles. The van der Waals surface area contributed by atoms with Crippen LogP contribution in [0, 0.1) is 0 Å². The summed E-state index contributed by atoms with van der Waals surface area (Å²) in [6.07, 6.45) is 4.89. The molecule has 1 amide bonds. The lowest BCUT2D eigenvalue weighted by molar-refractivity contribution is 0.0869. The zero-order valence-corrected chi connectivity index (χ0v) is 15.2. The minimum Gasteiger partial charge on any atom is -0.394 e. The van der Waals surface area contributed by atoms with E-state index in [1.54, 1.807) is 32.2 Å². The standard InChI is InChI=1S/C19H26N4O3/c1-19(2,11-24)23-17(26)12-3-4-13-10-20-18(22-16(13)9-12)21-14-5-7-15(25)8-6-14/h3-4,9-10,14-15,24-25H,5-8,11H2,1-2H3,(H,23,26)(H,20,21,22)/t14-,15-. The van der Waals surface area contributed by atoms with Gasteiger partial charge in [-0.2, -0.15) is 0 Å². The third-order valence-electron chi connectivity index (χ3n) is 4.72. The van der Waals surface area contributed by atoms with Crippen molar-refractivity contribution < 1.29 is 15.0 Å². The van der Waals surface area contributed by atoms with E-state index >= 15 is 0 Å². The van der Waals surface area contributed by atoms with E-state index in [1.165, 1.54) is 0 Å². The Morgan fingerprint density at radius 1 is 1.27 bits per heavy atom. The van der Waals surface area contributed by atoms with Gasteiger partial charge in [0, 0.05) is 23.2 Å². The third-order valence-corrected chi connectivity index (χ3v) is 4.72. The number of hydrogen-bond acceptors (Lipinski definition) is 6. The second-order valence-electron chi connectivity index (χ2n) is 7.61. The van der Waals surface area contributed by atoms with E-state index in [-0.39, 0.29) is 24.7 Å². The van der Waals surface area contributed by atoms with Gasteiger partial charge in [0.05, 0.1) is 23.8 Å². The number of aliphatic hydroxyl groups is 2. The Bertz CT molecular complexity index is 785. The largest absolute Gasteiger partial charge is 0.394 e. The van der Waals surface area contributed by atoms with Crippen LogP contribution in [0.3, 0.4) is 0 Å². The summed E-state index contributed by atoms with van der Waals surface area (Å²) in [4.78, 5) is 21.3. The smallest absolute Gasteiger partial charge is 0.251 e. The normalized spacial score (nSPS) is 20.8. The van der Waals surface area contributed by atoms with Crippen LogP contribution in [0.15, 0.2) is 24.4 Å². The van der Waals surface area contributed by atoms with Crippen LogP contribution >= 0.6 is 0 Å². The number of rotatable bonds is 5. The average Bonchev–Trinajstić information content (AvgIpc) is 2.62. The molecule has 7 heteroatoms. The maximum atomic E-state index is 12.4. The molecule has 1 aliphatic carbocycles. The molecule has 2 aromatic rings. The number of carbonyl (C=O) groups is 1. The van der Waals surface area contributed by atoms with Crippen molar-refractivity contribution in [1.29, 1.82) is 0 Å². The predicted octanol–water partition coefficient (Wildman–Crippen LogP) is 1.85.